The minimum absolute atomic E-state index is 0.469. The zero-order chi connectivity index (χ0) is 9.78. The van der Waals surface area contributed by atoms with Crippen molar-refractivity contribution < 1.29 is 0 Å². The Morgan fingerprint density at radius 3 is 2.08 bits per heavy atom. The highest BCUT2D eigenvalue weighted by Gasteiger charge is 2.26. The molecule has 0 aliphatic heterocycles. The Morgan fingerprint density at radius 1 is 1.25 bits per heavy atom. The van der Waals surface area contributed by atoms with Crippen LogP contribution in [0.1, 0.15) is 53.9 Å². The Balaban J connectivity index is 3.99. The summed E-state index contributed by atoms with van der Waals surface area (Å²) in [5.41, 5.74) is 0.469. The molecule has 0 aromatic heterocycles. The van der Waals surface area contributed by atoms with Crippen LogP contribution in [-0.4, -0.2) is 0 Å². The molecule has 0 nitrogen and oxygen atoms in total. The second-order valence-electron chi connectivity index (χ2n) is 4.86. The minimum atomic E-state index is 0.469. The van der Waals surface area contributed by atoms with Crippen molar-refractivity contribution in [2.75, 3.05) is 0 Å². The van der Waals surface area contributed by atoms with Crippen molar-refractivity contribution in [2.24, 2.45) is 17.3 Å². The third-order valence-electron chi connectivity index (χ3n) is 3.26. The summed E-state index contributed by atoms with van der Waals surface area (Å²) in [6.45, 7) is 15.7. The smallest absolute Gasteiger partial charge is 0.0326 e. The van der Waals surface area contributed by atoms with E-state index in [1.807, 2.05) is 0 Å². The zero-order valence-electron chi connectivity index (χ0n) is 9.48. The van der Waals surface area contributed by atoms with Gasteiger partial charge in [0.1, 0.15) is 0 Å². The molecule has 0 bridgehead atoms. The molecule has 2 atom stereocenters. The van der Waals surface area contributed by atoms with Gasteiger partial charge in [0.25, 0.3) is 0 Å². The first-order valence-electron chi connectivity index (χ1n) is 5.25. The fourth-order valence-electron chi connectivity index (χ4n) is 1.63. The summed E-state index contributed by atoms with van der Waals surface area (Å²) in [6.07, 6.45) is 4.00. The number of rotatable bonds is 5. The van der Waals surface area contributed by atoms with E-state index in [9.17, 15) is 0 Å². The van der Waals surface area contributed by atoms with Crippen LogP contribution in [0.4, 0.5) is 0 Å². The van der Waals surface area contributed by atoms with Crippen molar-refractivity contribution in [2.45, 2.75) is 53.9 Å². The van der Waals surface area contributed by atoms with Crippen molar-refractivity contribution in [3.63, 3.8) is 0 Å². The van der Waals surface area contributed by atoms with Crippen molar-refractivity contribution in [1.82, 2.24) is 0 Å². The van der Waals surface area contributed by atoms with E-state index in [0.29, 0.717) is 11.3 Å². The highest BCUT2D eigenvalue weighted by atomic mass is 14.3. The van der Waals surface area contributed by atoms with Crippen LogP contribution in [0.3, 0.4) is 0 Å². The predicted octanol–water partition coefficient (Wildman–Crippen LogP) is 4.31. The van der Waals surface area contributed by atoms with Gasteiger partial charge >= 0.3 is 0 Å². The van der Waals surface area contributed by atoms with Crippen molar-refractivity contribution in [3.05, 3.63) is 6.92 Å². The van der Waals surface area contributed by atoms with Gasteiger partial charge in [-0.25, -0.2) is 0 Å². The van der Waals surface area contributed by atoms with Gasteiger partial charge in [0.15, 0.2) is 0 Å². The van der Waals surface area contributed by atoms with Gasteiger partial charge < -0.3 is 0 Å². The van der Waals surface area contributed by atoms with Gasteiger partial charge in [-0.1, -0.05) is 54.4 Å². The average Bonchev–Trinajstić information content (AvgIpc) is 1.99. The van der Waals surface area contributed by atoms with Gasteiger partial charge in [-0.3, -0.25) is 0 Å². The highest BCUT2D eigenvalue weighted by Crippen LogP contribution is 2.36. The van der Waals surface area contributed by atoms with Gasteiger partial charge in [0, 0.05) is 0 Å². The van der Waals surface area contributed by atoms with Crippen LogP contribution in [0.15, 0.2) is 0 Å². The lowest BCUT2D eigenvalue weighted by Crippen LogP contribution is -2.25. The van der Waals surface area contributed by atoms with Crippen LogP contribution in [0.2, 0.25) is 0 Å². The first kappa shape index (κ1) is 12.0. The van der Waals surface area contributed by atoms with E-state index in [1.54, 1.807) is 0 Å². The quantitative estimate of drug-likeness (QED) is 0.575. The molecule has 0 N–H and O–H groups in total. The second-order valence-corrected chi connectivity index (χ2v) is 4.86. The average molecular weight is 169 g/mol. The fourth-order valence-corrected chi connectivity index (χ4v) is 1.63. The van der Waals surface area contributed by atoms with Crippen molar-refractivity contribution in [1.29, 1.82) is 0 Å². The van der Waals surface area contributed by atoms with Crippen molar-refractivity contribution >= 4 is 0 Å². The van der Waals surface area contributed by atoms with E-state index in [0.717, 1.165) is 5.92 Å². The maximum atomic E-state index is 4.11. The molecule has 0 rings (SSSR count). The molecule has 0 aromatic rings. The lowest BCUT2D eigenvalue weighted by molar-refractivity contribution is 0.168. The number of unbranched alkanes of at least 4 members (excludes halogenated alkanes) is 1. The van der Waals surface area contributed by atoms with Gasteiger partial charge in [0.2, 0.25) is 0 Å². The first-order valence-corrected chi connectivity index (χ1v) is 5.25. The summed E-state index contributed by atoms with van der Waals surface area (Å²) < 4.78 is 0. The molecule has 0 saturated heterocycles. The zero-order valence-corrected chi connectivity index (χ0v) is 9.48. The Hall–Kier alpha value is 0. The molecule has 0 aliphatic rings. The summed E-state index contributed by atoms with van der Waals surface area (Å²) in [6, 6.07) is 0. The van der Waals surface area contributed by atoms with Crippen LogP contribution in [0.25, 0.3) is 0 Å². The van der Waals surface area contributed by atoms with Crippen LogP contribution >= 0.6 is 0 Å². The van der Waals surface area contributed by atoms with Gasteiger partial charge in [0.05, 0.1) is 0 Å². The van der Waals surface area contributed by atoms with E-state index >= 15 is 0 Å². The molecule has 0 heterocycles. The molecule has 0 amide bonds. The summed E-state index contributed by atoms with van der Waals surface area (Å²) in [4.78, 5) is 0. The summed E-state index contributed by atoms with van der Waals surface area (Å²) in [7, 11) is 0. The monoisotopic (exact) mass is 169 g/mol. The van der Waals surface area contributed by atoms with E-state index in [4.69, 9.17) is 0 Å². The molecule has 2 unspecified atom stereocenters. The molecule has 12 heavy (non-hydrogen) atoms. The molecular weight excluding hydrogens is 144 g/mol. The highest BCUT2D eigenvalue weighted by molar-refractivity contribution is 4.79. The standard InChI is InChI=1S/C12H25/c1-7-8-9-12(5,6)11(4)10(2)3/h10-11H,2,7-9H2,1,3-6H3. The normalized spacial score (nSPS) is 15.2. The Morgan fingerprint density at radius 2 is 1.75 bits per heavy atom. The summed E-state index contributed by atoms with van der Waals surface area (Å²) in [5.74, 6) is 1.29. The first-order chi connectivity index (χ1) is 5.41. The molecule has 0 aromatic carbocycles. The van der Waals surface area contributed by atoms with Gasteiger partial charge in [-0.15, -0.1) is 0 Å². The molecule has 73 valence electrons. The largest absolute Gasteiger partial charge is 0.0654 e. The molecule has 1 radical (unpaired) electrons. The summed E-state index contributed by atoms with van der Waals surface area (Å²) in [5, 5.41) is 0. The Bertz CT molecular complexity index is 111. The SMILES string of the molecule is [CH2]C(C)C(C)C(C)(C)CCCC. The molecule has 0 heteroatoms. The number of hydrogen-bond donors (Lipinski definition) is 0. The topological polar surface area (TPSA) is 0 Å². The molecule has 0 aliphatic carbocycles. The van der Waals surface area contributed by atoms with Crippen LogP contribution in [0.5, 0.6) is 0 Å². The maximum Gasteiger partial charge on any atom is -0.0326 e. The Labute approximate surface area is 78.8 Å². The maximum absolute atomic E-state index is 4.11. The predicted molar refractivity (Wildman–Crippen MR) is 57.0 cm³/mol. The van der Waals surface area contributed by atoms with E-state index in [-0.39, 0.29) is 0 Å². The van der Waals surface area contributed by atoms with E-state index in [1.165, 1.54) is 19.3 Å². The van der Waals surface area contributed by atoms with Crippen LogP contribution < -0.4 is 0 Å². The van der Waals surface area contributed by atoms with Crippen LogP contribution in [-0.2, 0) is 0 Å². The fraction of sp³-hybridized carbons (Fsp3) is 0.917. The lowest BCUT2D eigenvalue weighted by atomic mass is 9.71. The lowest BCUT2D eigenvalue weighted by Gasteiger charge is -2.34. The Kier molecular flexibility index (Phi) is 4.89. The molecule has 0 fully saturated rings. The third-order valence-corrected chi connectivity index (χ3v) is 3.26. The molecule has 0 saturated carbocycles. The van der Waals surface area contributed by atoms with Crippen molar-refractivity contribution in [3.8, 4) is 0 Å². The van der Waals surface area contributed by atoms with E-state index < -0.39 is 0 Å². The second kappa shape index (κ2) is 4.89. The minimum Gasteiger partial charge on any atom is -0.0654 e. The van der Waals surface area contributed by atoms with Gasteiger partial charge in [-0.2, -0.15) is 0 Å². The molecular formula is C12H25. The summed E-state index contributed by atoms with van der Waals surface area (Å²) >= 11 is 0. The van der Waals surface area contributed by atoms with E-state index in [2.05, 4.69) is 41.5 Å². The van der Waals surface area contributed by atoms with Gasteiger partial charge in [-0.05, 0) is 23.7 Å². The molecule has 0 spiro atoms. The van der Waals surface area contributed by atoms with Crippen LogP contribution in [0, 0.1) is 24.2 Å². The number of hydrogen-bond acceptors (Lipinski definition) is 0. The third kappa shape index (κ3) is 3.60.